The number of rotatable bonds is 5. The summed E-state index contributed by atoms with van der Waals surface area (Å²) in [5.41, 5.74) is 10.7. The molecule has 1 atom stereocenters. The molecule has 0 amide bonds. The minimum atomic E-state index is 0. The van der Waals surface area contributed by atoms with Crippen molar-refractivity contribution < 1.29 is 19.5 Å². The molecular formula is C7H14N2S4Zn. The third-order valence-electron chi connectivity index (χ3n) is 1.37. The predicted molar refractivity (Wildman–Crippen MR) is 72.3 cm³/mol. The fourth-order valence-corrected chi connectivity index (χ4v) is 2.46. The molecule has 0 aromatic carbocycles. The molecule has 0 aromatic rings. The van der Waals surface area contributed by atoms with Gasteiger partial charge in [0, 0.05) is 31.0 Å². The van der Waals surface area contributed by atoms with Crippen molar-refractivity contribution in [2.45, 2.75) is 13.3 Å². The van der Waals surface area contributed by atoms with Crippen molar-refractivity contribution in [2.75, 3.05) is 11.5 Å². The molecule has 0 bridgehead atoms. The van der Waals surface area contributed by atoms with Crippen LogP contribution in [0.1, 0.15) is 13.3 Å². The molecule has 78 valence electrons. The molecule has 0 fully saturated rings. The second-order valence-corrected chi connectivity index (χ2v) is 6.29. The van der Waals surface area contributed by atoms with Crippen molar-refractivity contribution in [2.24, 2.45) is 17.4 Å². The normalized spacial score (nSPS) is 11.5. The summed E-state index contributed by atoms with van der Waals surface area (Å²) in [6, 6.07) is 0. The molecule has 2 nitrogen and oxygen atoms in total. The molecule has 0 aliphatic carbocycles. The van der Waals surface area contributed by atoms with Crippen LogP contribution in [0.15, 0.2) is 0 Å². The summed E-state index contributed by atoms with van der Waals surface area (Å²) >= 11 is 12.6. The van der Waals surface area contributed by atoms with E-state index in [0.717, 1.165) is 17.9 Å². The first-order chi connectivity index (χ1) is 6.02. The van der Waals surface area contributed by atoms with Gasteiger partial charge in [-0.3, -0.25) is 0 Å². The molecule has 0 saturated carbocycles. The van der Waals surface area contributed by atoms with Gasteiger partial charge in [-0.05, 0) is 12.3 Å². The average Bonchev–Trinajstić information content (AvgIpc) is 2.00. The van der Waals surface area contributed by atoms with Gasteiger partial charge >= 0.3 is 0 Å². The molecule has 14 heavy (non-hydrogen) atoms. The van der Waals surface area contributed by atoms with Crippen molar-refractivity contribution in [3.8, 4) is 0 Å². The van der Waals surface area contributed by atoms with Crippen LogP contribution in [0.5, 0.6) is 0 Å². The topological polar surface area (TPSA) is 52.0 Å². The van der Waals surface area contributed by atoms with Gasteiger partial charge in [-0.25, -0.2) is 0 Å². The maximum atomic E-state index is 5.37. The fraction of sp³-hybridized carbons (Fsp3) is 0.714. The Morgan fingerprint density at radius 3 is 2.14 bits per heavy atom. The zero-order valence-electron chi connectivity index (χ0n) is 8.19. The van der Waals surface area contributed by atoms with Crippen LogP contribution in [0.25, 0.3) is 0 Å². The maximum Gasteiger partial charge on any atom is 0.131 e. The Hall–Kier alpha value is 1.10. The van der Waals surface area contributed by atoms with Crippen molar-refractivity contribution in [1.82, 2.24) is 0 Å². The minimum absolute atomic E-state index is 0. The largest absolute Gasteiger partial charge is 0.385 e. The molecule has 0 aliphatic rings. The summed E-state index contributed by atoms with van der Waals surface area (Å²) < 4.78 is 1.04. The Labute approximate surface area is 117 Å². The van der Waals surface area contributed by atoms with Crippen LogP contribution >= 0.6 is 48.0 Å². The van der Waals surface area contributed by atoms with Crippen LogP contribution in [0.3, 0.4) is 0 Å². The summed E-state index contributed by atoms with van der Waals surface area (Å²) in [5, 5.41) is 0. The van der Waals surface area contributed by atoms with E-state index in [4.69, 9.17) is 35.9 Å². The van der Waals surface area contributed by atoms with Crippen LogP contribution in [0.4, 0.5) is 0 Å². The summed E-state index contributed by atoms with van der Waals surface area (Å²) in [6.45, 7) is 2.17. The van der Waals surface area contributed by atoms with Gasteiger partial charge in [-0.1, -0.05) is 54.9 Å². The molecule has 0 saturated heterocycles. The Balaban J connectivity index is 0. The third-order valence-corrected chi connectivity index (χ3v) is 3.82. The minimum Gasteiger partial charge on any atom is -0.385 e. The zero-order valence-corrected chi connectivity index (χ0v) is 14.4. The number of thiocarbonyl (C=S) groups is 2. The van der Waals surface area contributed by atoms with Crippen LogP contribution in [-0.4, -0.2) is 20.1 Å². The van der Waals surface area contributed by atoms with E-state index in [1.807, 2.05) is 0 Å². The van der Waals surface area contributed by atoms with Crippen molar-refractivity contribution >= 4 is 56.6 Å². The molecule has 0 spiro atoms. The standard InChI is InChI=1S/C7H14N2S4.Zn/c1-5(4-13-7(9)11)2-3-12-6(8)10;/h5H,2-4H2,1H3,(H2,8,10)(H2,9,11);. The van der Waals surface area contributed by atoms with Crippen molar-refractivity contribution in [3.63, 3.8) is 0 Å². The molecule has 0 aromatic heterocycles. The number of hydrogen-bond acceptors (Lipinski definition) is 4. The summed E-state index contributed by atoms with van der Waals surface area (Å²) in [4.78, 5) is 0. The van der Waals surface area contributed by atoms with Crippen molar-refractivity contribution in [3.05, 3.63) is 0 Å². The maximum absolute atomic E-state index is 5.37. The summed E-state index contributed by atoms with van der Waals surface area (Å²) in [6.07, 6.45) is 1.09. The van der Waals surface area contributed by atoms with E-state index in [0.29, 0.717) is 14.6 Å². The summed E-state index contributed by atoms with van der Waals surface area (Å²) in [5.74, 6) is 2.56. The number of hydrogen-bond donors (Lipinski definition) is 2. The quantitative estimate of drug-likeness (QED) is 0.597. The zero-order chi connectivity index (χ0) is 10.3. The van der Waals surface area contributed by atoms with E-state index in [2.05, 4.69) is 6.92 Å². The van der Waals surface area contributed by atoms with Gasteiger partial charge in [0.05, 0.1) is 0 Å². The molecule has 0 rings (SSSR count). The first-order valence-corrected chi connectivity index (χ1v) is 6.65. The Bertz CT molecular complexity index is 189. The third kappa shape index (κ3) is 13.1. The van der Waals surface area contributed by atoms with Gasteiger partial charge in [0.1, 0.15) is 8.64 Å². The van der Waals surface area contributed by atoms with Gasteiger partial charge in [0.25, 0.3) is 0 Å². The van der Waals surface area contributed by atoms with Crippen LogP contribution in [0.2, 0.25) is 0 Å². The molecule has 0 heterocycles. The molecule has 4 N–H and O–H groups in total. The molecule has 1 unspecified atom stereocenters. The first kappa shape index (κ1) is 17.5. The Kier molecular flexibility index (Phi) is 13.3. The van der Waals surface area contributed by atoms with E-state index in [9.17, 15) is 0 Å². The van der Waals surface area contributed by atoms with E-state index >= 15 is 0 Å². The molecule has 7 heteroatoms. The van der Waals surface area contributed by atoms with Gasteiger partial charge in [-0.2, -0.15) is 0 Å². The fourth-order valence-electron chi connectivity index (χ4n) is 0.668. The number of nitrogens with two attached hydrogens (primary N) is 2. The second-order valence-electron chi connectivity index (χ2n) is 2.69. The van der Waals surface area contributed by atoms with Crippen LogP contribution in [0, 0.1) is 5.92 Å². The summed E-state index contributed by atoms with van der Waals surface area (Å²) in [7, 11) is 0. The molecular weight excluding hydrogens is 306 g/mol. The number of thioether (sulfide) groups is 2. The van der Waals surface area contributed by atoms with Gasteiger partial charge in [0.15, 0.2) is 0 Å². The van der Waals surface area contributed by atoms with Gasteiger partial charge in [0.2, 0.25) is 0 Å². The molecule has 0 aliphatic heterocycles. The first-order valence-electron chi connectivity index (χ1n) is 3.87. The van der Waals surface area contributed by atoms with Gasteiger partial charge in [-0.15, -0.1) is 0 Å². The SMILES string of the molecule is CC(CCSC(N)=S)CSC(N)=S.[Zn]. The second kappa shape index (κ2) is 10.6. The van der Waals surface area contributed by atoms with Gasteiger partial charge < -0.3 is 11.5 Å². The Morgan fingerprint density at radius 2 is 1.71 bits per heavy atom. The van der Waals surface area contributed by atoms with Crippen LogP contribution < -0.4 is 11.5 Å². The van der Waals surface area contributed by atoms with E-state index in [1.54, 1.807) is 0 Å². The molecule has 0 radical (unpaired) electrons. The monoisotopic (exact) mass is 318 g/mol. The van der Waals surface area contributed by atoms with E-state index in [-0.39, 0.29) is 19.5 Å². The predicted octanol–water partition coefficient (Wildman–Crippen LogP) is 1.96. The van der Waals surface area contributed by atoms with E-state index < -0.39 is 0 Å². The Morgan fingerprint density at radius 1 is 1.21 bits per heavy atom. The smallest absolute Gasteiger partial charge is 0.131 e. The van der Waals surface area contributed by atoms with E-state index in [1.165, 1.54) is 23.5 Å². The van der Waals surface area contributed by atoms with Crippen LogP contribution in [-0.2, 0) is 19.5 Å². The average molecular weight is 320 g/mol. The van der Waals surface area contributed by atoms with Crippen molar-refractivity contribution in [1.29, 1.82) is 0 Å².